The predicted octanol–water partition coefficient (Wildman–Crippen LogP) is 4.67. The summed E-state index contributed by atoms with van der Waals surface area (Å²) in [6.45, 7) is 7.03. The number of benzene rings is 2. The van der Waals surface area contributed by atoms with Crippen LogP contribution in [0.1, 0.15) is 11.1 Å². The third kappa shape index (κ3) is 3.64. The molecule has 1 N–H and O–H groups in total. The maximum absolute atomic E-state index is 13.4. The van der Waals surface area contributed by atoms with E-state index in [9.17, 15) is 23.1 Å². The number of phenolic OH excluding ortho intramolecular Hbond substituents is 1. The number of hydrogen-bond acceptors (Lipinski definition) is 3. The molecule has 28 heavy (non-hydrogen) atoms. The van der Waals surface area contributed by atoms with Crippen LogP contribution in [0, 0.1) is 6.57 Å². The molecule has 0 spiro atoms. The zero-order chi connectivity index (χ0) is 20.3. The Balaban J connectivity index is 2.30. The van der Waals surface area contributed by atoms with Gasteiger partial charge in [0.25, 0.3) is 11.2 Å². The van der Waals surface area contributed by atoms with E-state index in [2.05, 4.69) is 9.95 Å². The van der Waals surface area contributed by atoms with Crippen molar-refractivity contribution >= 4 is 11.9 Å². The number of rotatable bonds is 3. The van der Waals surface area contributed by atoms with E-state index in [1.165, 1.54) is 24.3 Å². The lowest BCUT2D eigenvalue weighted by atomic mass is 10.1. The average molecular weight is 383 g/mol. The average Bonchev–Trinajstić information content (AvgIpc) is 2.67. The van der Waals surface area contributed by atoms with E-state index in [-0.39, 0.29) is 17.0 Å². The van der Waals surface area contributed by atoms with Crippen LogP contribution >= 0.6 is 0 Å². The van der Waals surface area contributed by atoms with Crippen molar-refractivity contribution in [1.29, 1.82) is 0 Å². The molecule has 0 saturated carbocycles. The molecule has 0 radical (unpaired) electrons. The summed E-state index contributed by atoms with van der Waals surface area (Å²) in [6, 6.07) is 14.8. The van der Waals surface area contributed by atoms with Crippen molar-refractivity contribution < 1.29 is 18.3 Å². The van der Waals surface area contributed by atoms with Gasteiger partial charge < -0.3 is 5.11 Å². The highest BCUT2D eigenvalue weighted by molar-refractivity contribution is 5.83. The third-order valence-corrected chi connectivity index (χ3v) is 3.90. The van der Waals surface area contributed by atoms with Crippen LogP contribution in [0.25, 0.3) is 16.1 Å². The van der Waals surface area contributed by atoms with Crippen molar-refractivity contribution in [2.45, 2.75) is 6.18 Å². The first-order valence-electron chi connectivity index (χ1n) is 7.95. The van der Waals surface area contributed by atoms with Gasteiger partial charge >= 0.3 is 6.18 Å². The molecule has 0 unspecified atom stereocenters. The maximum Gasteiger partial charge on any atom is 0.407 e. The summed E-state index contributed by atoms with van der Waals surface area (Å²) >= 11 is 0. The number of phenols is 1. The van der Waals surface area contributed by atoms with Crippen LogP contribution in [0.2, 0.25) is 0 Å². The number of aromatic nitrogens is 1. The molecule has 0 fully saturated rings. The van der Waals surface area contributed by atoms with Gasteiger partial charge in [-0.15, -0.1) is 0 Å². The number of halogens is 3. The highest BCUT2D eigenvalue weighted by Gasteiger charge is 2.36. The highest BCUT2D eigenvalue weighted by atomic mass is 19.4. The van der Waals surface area contributed by atoms with E-state index >= 15 is 0 Å². The summed E-state index contributed by atoms with van der Waals surface area (Å²) in [5, 5.41) is 13.8. The van der Waals surface area contributed by atoms with Crippen molar-refractivity contribution in [3.63, 3.8) is 0 Å². The predicted molar refractivity (Wildman–Crippen MR) is 98.5 cm³/mol. The van der Waals surface area contributed by atoms with Crippen molar-refractivity contribution in [1.82, 2.24) is 4.68 Å². The Morgan fingerprint density at radius 3 is 2.32 bits per heavy atom. The van der Waals surface area contributed by atoms with Crippen LogP contribution in [0.5, 0.6) is 5.75 Å². The van der Waals surface area contributed by atoms with Gasteiger partial charge in [0.1, 0.15) is 5.75 Å². The summed E-state index contributed by atoms with van der Waals surface area (Å²) in [6.07, 6.45) is -3.73. The van der Waals surface area contributed by atoms with E-state index in [0.717, 1.165) is 17.0 Å². The Morgan fingerprint density at radius 2 is 1.71 bits per heavy atom. The van der Waals surface area contributed by atoms with Gasteiger partial charge in [0, 0.05) is 11.1 Å². The number of pyridine rings is 1. The SMILES string of the molecule is [C-]#[N+]c1c(C(F)(F)F)cc(-c2ccccc2)n(N=Cc2ccccc2O)c1=O. The first-order chi connectivity index (χ1) is 13.3. The first-order valence-corrected chi connectivity index (χ1v) is 7.95. The van der Waals surface area contributed by atoms with Crippen LogP contribution in [0.15, 0.2) is 70.6 Å². The zero-order valence-electron chi connectivity index (χ0n) is 14.2. The van der Waals surface area contributed by atoms with Gasteiger partial charge in [0.15, 0.2) is 0 Å². The molecule has 1 aromatic heterocycles. The third-order valence-electron chi connectivity index (χ3n) is 3.90. The summed E-state index contributed by atoms with van der Waals surface area (Å²) in [5.41, 5.74) is -3.14. The van der Waals surface area contributed by atoms with Gasteiger partial charge in [-0.1, -0.05) is 42.5 Å². The molecule has 3 rings (SSSR count). The molecular weight excluding hydrogens is 371 g/mol. The van der Waals surface area contributed by atoms with Gasteiger partial charge in [-0.25, -0.2) is 9.52 Å². The molecule has 0 bridgehead atoms. The largest absolute Gasteiger partial charge is 0.507 e. The monoisotopic (exact) mass is 383 g/mol. The molecule has 0 atom stereocenters. The van der Waals surface area contributed by atoms with E-state index in [1.54, 1.807) is 30.3 Å². The lowest BCUT2D eigenvalue weighted by molar-refractivity contribution is -0.136. The molecular formula is C20H12F3N3O2. The zero-order valence-corrected chi connectivity index (χ0v) is 14.2. The molecule has 5 nitrogen and oxygen atoms in total. The second-order valence-electron chi connectivity index (χ2n) is 5.69. The summed E-state index contributed by atoms with van der Waals surface area (Å²) < 4.78 is 40.9. The van der Waals surface area contributed by atoms with Crippen LogP contribution in [0.3, 0.4) is 0 Å². The van der Waals surface area contributed by atoms with Gasteiger partial charge in [0.05, 0.1) is 24.0 Å². The number of para-hydroxylation sites is 1. The molecule has 0 amide bonds. The van der Waals surface area contributed by atoms with Gasteiger partial charge in [-0.05, 0) is 18.2 Å². The molecule has 0 saturated heterocycles. The second kappa shape index (κ2) is 7.40. The lowest BCUT2D eigenvalue weighted by Crippen LogP contribution is -2.22. The Labute approximate surface area is 157 Å². The minimum absolute atomic E-state index is 0.113. The van der Waals surface area contributed by atoms with Crippen molar-refractivity contribution in [2.75, 3.05) is 0 Å². The molecule has 0 aliphatic heterocycles. The minimum atomic E-state index is -4.87. The lowest BCUT2D eigenvalue weighted by Gasteiger charge is -2.14. The normalized spacial score (nSPS) is 11.5. The molecule has 0 aliphatic rings. The highest BCUT2D eigenvalue weighted by Crippen LogP contribution is 2.37. The van der Waals surface area contributed by atoms with E-state index < -0.39 is 23.0 Å². The number of hydrogen-bond donors (Lipinski definition) is 1. The standard InChI is InChI=1S/C20H12F3N3O2/c1-24-18-15(20(21,22)23)11-16(13-7-3-2-4-8-13)26(19(18)28)25-12-14-9-5-6-10-17(14)27/h2-12,27H. The molecule has 8 heteroatoms. The van der Waals surface area contributed by atoms with Gasteiger partial charge in [-0.3, -0.25) is 4.79 Å². The Hall–Kier alpha value is -3.86. The Morgan fingerprint density at radius 1 is 1.07 bits per heavy atom. The fourth-order valence-corrected chi connectivity index (χ4v) is 2.56. The summed E-state index contributed by atoms with van der Waals surface area (Å²) in [5.74, 6) is -0.113. The van der Waals surface area contributed by atoms with E-state index in [0.29, 0.717) is 5.56 Å². The van der Waals surface area contributed by atoms with Crippen LogP contribution in [-0.2, 0) is 6.18 Å². The molecule has 2 aromatic carbocycles. The minimum Gasteiger partial charge on any atom is -0.507 e. The maximum atomic E-state index is 13.4. The smallest absolute Gasteiger partial charge is 0.407 e. The Kier molecular flexibility index (Phi) is 5.00. The Bertz CT molecular complexity index is 1140. The second-order valence-corrected chi connectivity index (χ2v) is 5.69. The molecule has 3 aromatic rings. The topological polar surface area (TPSA) is 58.9 Å². The summed E-state index contributed by atoms with van der Waals surface area (Å²) in [4.78, 5) is 15.4. The number of nitrogens with zero attached hydrogens (tertiary/aromatic N) is 3. The fourth-order valence-electron chi connectivity index (χ4n) is 2.56. The first kappa shape index (κ1) is 18.9. The van der Waals surface area contributed by atoms with E-state index in [1.807, 2.05) is 0 Å². The van der Waals surface area contributed by atoms with E-state index in [4.69, 9.17) is 6.57 Å². The molecule has 0 aliphatic carbocycles. The van der Waals surface area contributed by atoms with Crippen LogP contribution in [-0.4, -0.2) is 16.0 Å². The van der Waals surface area contributed by atoms with Crippen LogP contribution < -0.4 is 5.56 Å². The van der Waals surface area contributed by atoms with Crippen LogP contribution in [0.4, 0.5) is 18.9 Å². The van der Waals surface area contributed by atoms with Crippen molar-refractivity contribution in [3.8, 4) is 17.0 Å². The quantitative estimate of drug-likeness (QED) is 0.528. The molecule has 1 heterocycles. The van der Waals surface area contributed by atoms with Gasteiger partial charge in [-0.2, -0.15) is 18.3 Å². The molecule has 140 valence electrons. The number of aromatic hydroxyl groups is 1. The summed E-state index contributed by atoms with van der Waals surface area (Å²) in [7, 11) is 0. The van der Waals surface area contributed by atoms with Gasteiger partial charge in [0.2, 0.25) is 0 Å². The van der Waals surface area contributed by atoms with Crippen molar-refractivity contribution in [2.24, 2.45) is 5.10 Å². The van der Waals surface area contributed by atoms with Crippen molar-refractivity contribution in [3.05, 3.63) is 93.6 Å². The number of alkyl halides is 3. The fraction of sp³-hybridized carbons (Fsp3) is 0.0500.